The Morgan fingerprint density at radius 3 is 2.74 bits per heavy atom. The molecule has 2 amide bonds. The van der Waals surface area contributed by atoms with Crippen LogP contribution in [0.15, 0.2) is 18.5 Å². The van der Waals surface area contributed by atoms with Gasteiger partial charge in [-0.3, -0.25) is 9.78 Å². The minimum atomic E-state index is -1.24. The van der Waals surface area contributed by atoms with E-state index < -0.39 is 12.1 Å². The van der Waals surface area contributed by atoms with Crippen molar-refractivity contribution in [2.24, 2.45) is 0 Å². The summed E-state index contributed by atoms with van der Waals surface area (Å²) in [4.78, 5) is 29.1. The number of nitrogens with one attached hydrogen (secondary N) is 1. The highest BCUT2D eigenvalue weighted by Crippen LogP contribution is 2.25. The van der Waals surface area contributed by atoms with E-state index >= 15 is 0 Å². The van der Waals surface area contributed by atoms with Gasteiger partial charge in [0.1, 0.15) is 11.8 Å². The van der Waals surface area contributed by atoms with Crippen molar-refractivity contribution in [1.82, 2.24) is 15.2 Å². The zero-order chi connectivity index (χ0) is 17.0. The van der Waals surface area contributed by atoms with Crippen molar-refractivity contribution in [2.45, 2.75) is 25.0 Å². The van der Waals surface area contributed by atoms with Gasteiger partial charge in [0.25, 0.3) is 0 Å². The average Bonchev–Trinajstić information content (AvgIpc) is 2.50. The van der Waals surface area contributed by atoms with Gasteiger partial charge in [-0.2, -0.15) is 0 Å². The van der Waals surface area contributed by atoms with E-state index in [0.717, 1.165) is 0 Å². The van der Waals surface area contributed by atoms with Crippen LogP contribution in [0.2, 0.25) is 0 Å². The first-order valence-corrected chi connectivity index (χ1v) is 7.19. The van der Waals surface area contributed by atoms with Crippen LogP contribution in [0.5, 0.6) is 5.75 Å². The first kappa shape index (κ1) is 17.0. The summed E-state index contributed by atoms with van der Waals surface area (Å²) in [5, 5.41) is 11.3. The molecule has 1 aromatic rings. The van der Waals surface area contributed by atoms with Gasteiger partial charge >= 0.3 is 6.09 Å². The molecular weight excluding hydrogens is 302 g/mol. The number of nitrogens with zero attached hydrogens (tertiary/aromatic N) is 2. The minimum Gasteiger partial charge on any atom is -0.495 e. The van der Waals surface area contributed by atoms with E-state index in [4.69, 9.17) is 14.6 Å². The van der Waals surface area contributed by atoms with E-state index in [0.29, 0.717) is 24.4 Å². The lowest BCUT2D eigenvalue weighted by Crippen LogP contribution is -2.66. The molecular formula is C15H21N3O5. The van der Waals surface area contributed by atoms with Gasteiger partial charge in [0.05, 0.1) is 32.0 Å². The highest BCUT2D eigenvalue weighted by atomic mass is 16.5. The van der Waals surface area contributed by atoms with E-state index in [9.17, 15) is 9.59 Å². The predicted octanol–water partition coefficient (Wildman–Crippen LogP) is 0.516. The molecule has 0 bridgehead atoms. The van der Waals surface area contributed by atoms with Crippen LogP contribution in [-0.4, -0.2) is 65.9 Å². The monoisotopic (exact) mass is 323 g/mol. The maximum atomic E-state index is 12.6. The van der Waals surface area contributed by atoms with Crippen molar-refractivity contribution in [3.63, 3.8) is 0 Å². The molecule has 2 N–H and O–H groups in total. The lowest BCUT2D eigenvalue weighted by atomic mass is 9.94. The van der Waals surface area contributed by atoms with Gasteiger partial charge in [-0.25, -0.2) is 4.79 Å². The van der Waals surface area contributed by atoms with Crippen LogP contribution in [0.1, 0.15) is 12.5 Å². The minimum absolute atomic E-state index is 0.191. The van der Waals surface area contributed by atoms with E-state index in [-0.39, 0.29) is 17.9 Å². The Kier molecular flexibility index (Phi) is 5.05. The number of hydrogen-bond acceptors (Lipinski definition) is 5. The Bertz CT molecular complexity index is 586. The maximum Gasteiger partial charge on any atom is 0.405 e. The fourth-order valence-electron chi connectivity index (χ4n) is 2.60. The lowest BCUT2D eigenvalue weighted by Gasteiger charge is -2.47. The predicted molar refractivity (Wildman–Crippen MR) is 81.4 cm³/mol. The molecule has 1 saturated heterocycles. The van der Waals surface area contributed by atoms with Crippen LogP contribution in [0.3, 0.4) is 0 Å². The summed E-state index contributed by atoms with van der Waals surface area (Å²) >= 11 is 0. The molecule has 0 spiro atoms. The first-order chi connectivity index (χ1) is 10.9. The molecule has 2 heterocycles. The van der Waals surface area contributed by atoms with Gasteiger partial charge in [-0.15, -0.1) is 0 Å². The number of rotatable bonds is 6. The Hall–Kier alpha value is -2.35. The molecule has 0 radical (unpaired) electrons. The van der Waals surface area contributed by atoms with E-state index in [2.05, 4.69) is 10.3 Å². The summed E-state index contributed by atoms with van der Waals surface area (Å²) in [5.74, 6) is 0.239. The highest BCUT2D eigenvalue weighted by molar-refractivity contribution is 5.86. The van der Waals surface area contributed by atoms with Crippen molar-refractivity contribution in [1.29, 1.82) is 0 Å². The zero-order valence-corrected chi connectivity index (χ0v) is 13.4. The second kappa shape index (κ2) is 6.82. The first-order valence-electron chi connectivity index (χ1n) is 7.19. The number of pyridine rings is 1. The van der Waals surface area contributed by atoms with Gasteiger partial charge < -0.3 is 24.8 Å². The second-order valence-electron chi connectivity index (χ2n) is 5.74. The molecule has 126 valence electrons. The van der Waals surface area contributed by atoms with Crippen molar-refractivity contribution < 1.29 is 24.2 Å². The Balaban J connectivity index is 2.11. The molecule has 1 aliphatic heterocycles. The van der Waals surface area contributed by atoms with Crippen LogP contribution in [0, 0.1) is 0 Å². The summed E-state index contributed by atoms with van der Waals surface area (Å²) in [7, 11) is 3.10. The molecule has 1 aromatic heterocycles. The van der Waals surface area contributed by atoms with Crippen LogP contribution in [0.25, 0.3) is 0 Å². The number of carbonyl (C=O) groups is 2. The van der Waals surface area contributed by atoms with Crippen molar-refractivity contribution >= 4 is 12.0 Å². The standard InChI is InChI=1S/C15H21N3O5/c1-15(23-3)8-18(9-15)13(19)11(17-14(20)21)6-10-4-5-16-7-12(10)22-2/h4-5,7,11,17H,6,8-9H2,1-3H3,(H,20,21)/t11-/m1/s1. The molecule has 1 atom stereocenters. The van der Waals surface area contributed by atoms with Gasteiger partial charge in [0, 0.05) is 19.7 Å². The summed E-state index contributed by atoms with van der Waals surface area (Å²) in [5.41, 5.74) is 0.349. The van der Waals surface area contributed by atoms with Gasteiger partial charge in [0.15, 0.2) is 0 Å². The molecule has 2 rings (SSSR count). The molecule has 0 aromatic carbocycles. The van der Waals surface area contributed by atoms with Crippen LogP contribution in [-0.2, 0) is 16.0 Å². The number of amides is 2. The topological polar surface area (TPSA) is 101 Å². The van der Waals surface area contributed by atoms with Crippen LogP contribution in [0.4, 0.5) is 4.79 Å². The average molecular weight is 323 g/mol. The van der Waals surface area contributed by atoms with E-state index in [1.54, 1.807) is 24.3 Å². The third-order valence-electron chi connectivity index (χ3n) is 3.96. The van der Waals surface area contributed by atoms with Crippen molar-refractivity contribution in [2.75, 3.05) is 27.3 Å². The van der Waals surface area contributed by atoms with E-state index in [1.165, 1.54) is 13.3 Å². The smallest absolute Gasteiger partial charge is 0.405 e. The number of likely N-dealkylation sites (tertiary alicyclic amines) is 1. The molecule has 23 heavy (non-hydrogen) atoms. The van der Waals surface area contributed by atoms with E-state index in [1.807, 2.05) is 6.92 Å². The summed E-state index contributed by atoms with van der Waals surface area (Å²) in [6.07, 6.45) is 2.05. The van der Waals surface area contributed by atoms with Gasteiger partial charge in [-0.1, -0.05) is 0 Å². The van der Waals surface area contributed by atoms with Gasteiger partial charge in [-0.05, 0) is 18.6 Å². The lowest BCUT2D eigenvalue weighted by molar-refractivity contribution is -0.159. The zero-order valence-electron chi connectivity index (χ0n) is 13.4. The Morgan fingerprint density at radius 1 is 1.48 bits per heavy atom. The highest BCUT2D eigenvalue weighted by Gasteiger charge is 2.43. The fourth-order valence-corrected chi connectivity index (χ4v) is 2.60. The normalized spacial score (nSPS) is 17.1. The van der Waals surface area contributed by atoms with Crippen molar-refractivity contribution in [3.05, 3.63) is 24.0 Å². The maximum absolute atomic E-state index is 12.6. The summed E-state index contributed by atoms with van der Waals surface area (Å²) in [6, 6.07) is 0.822. The van der Waals surface area contributed by atoms with Crippen molar-refractivity contribution in [3.8, 4) is 5.75 Å². The number of carbonyl (C=O) groups excluding carboxylic acids is 1. The van der Waals surface area contributed by atoms with Crippen LogP contribution >= 0.6 is 0 Å². The SMILES string of the molecule is COc1cnccc1C[C@@H](NC(=O)O)C(=O)N1CC(C)(OC)C1. The molecule has 1 fully saturated rings. The number of aromatic nitrogens is 1. The number of methoxy groups -OCH3 is 2. The summed E-state index contributed by atoms with van der Waals surface area (Å²) < 4.78 is 10.5. The molecule has 8 heteroatoms. The molecule has 8 nitrogen and oxygen atoms in total. The Morgan fingerprint density at radius 2 is 2.17 bits per heavy atom. The fraction of sp³-hybridized carbons (Fsp3) is 0.533. The molecule has 0 unspecified atom stereocenters. The number of hydrogen-bond donors (Lipinski definition) is 2. The largest absolute Gasteiger partial charge is 0.495 e. The molecule has 0 saturated carbocycles. The number of ether oxygens (including phenoxy) is 2. The third kappa shape index (κ3) is 3.89. The van der Waals surface area contributed by atoms with Gasteiger partial charge in [0.2, 0.25) is 5.91 Å². The molecule has 0 aliphatic carbocycles. The summed E-state index contributed by atoms with van der Waals surface area (Å²) in [6.45, 7) is 2.78. The second-order valence-corrected chi connectivity index (χ2v) is 5.74. The quantitative estimate of drug-likeness (QED) is 0.791. The molecule has 1 aliphatic rings. The number of carboxylic acid groups (broad SMARTS) is 1. The van der Waals surface area contributed by atoms with Crippen LogP contribution < -0.4 is 10.1 Å². The Labute approximate surface area is 134 Å². The third-order valence-corrected chi connectivity index (χ3v) is 3.96.